The zero-order chi connectivity index (χ0) is 14.5. The maximum atomic E-state index is 12.0. The van der Waals surface area contributed by atoms with Crippen molar-refractivity contribution in [3.05, 3.63) is 63.6 Å². The molecule has 0 atom stereocenters. The van der Waals surface area contributed by atoms with E-state index in [2.05, 4.69) is 35.0 Å². The second kappa shape index (κ2) is 6.53. The lowest BCUT2D eigenvalue weighted by Crippen LogP contribution is -2.21. The summed E-state index contributed by atoms with van der Waals surface area (Å²) in [5.41, 5.74) is 4.33. The number of nitrogens with zero attached hydrogens (tertiary/aromatic N) is 1. The van der Waals surface area contributed by atoms with Crippen LogP contribution < -0.4 is 10.7 Å². The third-order valence-corrected chi connectivity index (χ3v) is 3.52. The van der Waals surface area contributed by atoms with E-state index in [1.54, 1.807) is 6.07 Å². The van der Waals surface area contributed by atoms with E-state index in [1.165, 1.54) is 5.56 Å². The number of hydrogen-bond acceptors (Lipinski definition) is 2. The molecule has 0 radical (unpaired) electrons. The van der Waals surface area contributed by atoms with E-state index in [1.807, 2.05) is 26.1 Å². The first-order valence-corrected chi connectivity index (χ1v) is 7.18. The van der Waals surface area contributed by atoms with Crippen LogP contribution in [-0.2, 0) is 13.0 Å². The minimum Gasteiger partial charge on any atom is -0.320 e. The quantitative estimate of drug-likeness (QED) is 0.906. The summed E-state index contributed by atoms with van der Waals surface area (Å²) in [4.78, 5) is 12.0. The zero-order valence-corrected chi connectivity index (χ0v) is 12.4. The van der Waals surface area contributed by atoms with Crippen LogP contribution in [0, 0.1) is 6.92 Å². The monoisotopic (exact) mass is 270 g/mol. The molecule has 0 amide bonds. The van der Waals surface area contributed by atoms with Gasteiger partial charge in [0.2, 0.25) is 0 Å². The van der Waals surface area contributed by atoms with E-state index in [0.717, 1.165) is 29.9 Å². The molecule has 1 heterocycles. The van der Waals surface area contributed by atoms with Gasteiger partial charge in [0.1, 0.15) is 0 Å². The summed E-state index contributed by atoms with van der Waals surface area (Å²) in [5, 5.41) is 3.22. The third kappa shape index (κ3) is 2.99. The highest BCUT2D eigenvalue weighted by Gasteiger charge is 2.07. The lowest BCUT2D eigenvalue weighted by atomic mass is 10.1. The molecule has 0 fully saturated rings. The highest BCUT2D eigenvalue weighted by atomic mass is 16.1. The summed E-state index contributed by atoms with van der Waals surface area (Å²) in [7, 11) is 0. The Labute approximate surface area is 120 Å². The first kappa shape index (κ1) is 14.5. The Morgan fingerprint density at radius 2 is 1.90 bits per heavy atom. The predicted octanol–water partition coefficient (Wildman–Crippen LogP) is 2.82. The molecule has 0 aliphatic rings. The molecule has 0 saturated carbocycles. The van der Waals surface area contributed by atoms with Gasteiger partial charge in [-0.05, 0) is 31.5 Å². The Morgan fingerprint density at radius 1 is 1.15 bits per heavy atom. The number of benzene rings is 1. The molecule has 1 N–H and O–H groups in total. The molecule has 0 bridgehead atoms. The van der Waals surface area contributed by atoms with Gasteiger partial charge in [0, 0.05) is 35.8 Å². The minimum atomic E-state index is 0.105. The number of aryl methyl sites for hydroxylation is 2. The molecule has 0 aliphatic carbocycles. The second-order valence-corrected chi connectivity index (χ2v) is 4.94. The van der Waals surface area contributed by atoms with Crippen molar-refractivity contribution >= 4 is 0 Å². The summed E-state index contributed by atoms with van der Waals surface area (Å²) < 4.78 is 2.12. The Bertz CT molecular complexity index is 644. The van der Waals surface area contributed by atoms with Crippen molar-refractivity contribution in [3.63, 3.8) is 0 Å². The number of aromatic nitrogens is 1. The van der Waals surface area contributed by atoms with E-state index < -0.39 is 0 Å². The van der Waals surface area contributed by atoms with E-state index in [4.69, 9.17) is 0 Å². The highest BCUT2D eigenvalue weighted by molar-refractivity contribution is 5.43. The van der Waals surface area contributed by atoms with Crippen LogP contribution in [-0.4, -0.2) is 11.1 Å². The van der Waals surface area contributed by atoms with Gasteiger partial charge in [-0.1, -0.05) is 32.0 Å². The van der Waals surface area contributed by atoms with Gasteiger partial charge in [0.15, 0.2) is 5.43 Å². The van der Waals surface area contributed by atoms with Crippen LogP contribution in [0.3, 0.4) is 0 Å². The summed E-state index contributed by atoms with van der Waals surface area (Å²) in [6.07, 6.45) is 2.94. The van der Waals surface area contributed by atoms with Crippen molar-refractivity contribution in [2.24, 2.45) is 0 Å². The topological polar surface area (TPSA) is 34.0 Å². The zero-order valence-electron chi connectivity index (χ0n) is 12.4. The fraction of sp³-hybridized carbons (Fsp3) is 0.353. The smallest absolute Gasteiger partial charge is 0.186 e. The summed E-state index contributed by atoms with van der Waals surface area (Å²) in [6, 6.07) is 10.1. The number of rotatable bonds is 5. The van der Waals surface area contributed by atoms with E-state index >= 15 is 0 Å². The van der Waals surface area contributed by atoms with Gasteiger partial charge in [0.25, 0.3) is 0 Å². The van der Waals surface area contributed by atoms with Crippen LogP contribution in [0.15, 0.2) is 41.3 Å². The molecular weight excluding hydrogens is 248 g/mol. The highest BCUT2D eigenvalue weighted by Crippen LogP contribution is 2.17. The predicted molar refractivity (Wildman–Crippen MR) is 83.5 cm³/mol. The molecule has 20 heavy (non-hydrogen) atoms. The number of nitrogens with one attached hydrogen (secondary N) is 1. The fourth-order valence-electron chi connectivity index (χ4n) is 2.37. The van der Waals surface area contributed by atoms with Crippen molar-refractivity contribution in [1.82, 2.24) is 9.88 Å². The Hall–Kier alpha value is -1.87. The summed E-state index contributed by atoms with van der Waals surface area (Å²) >= 11 is 0. The van der Waals surface area contributed by atoms with Gasteiger partial charge in [-0.25, -0.2) is 0 Å². The molecule has 3 heteroatoms. The standard InChI is InChI=1S/C17H22N2O/c1-4-14-8-6-7-9-16(14)19-12-15(11-18-5-2)17(20)10-13(19)3/h6-10,12,18H,4-5,11H2,1-3H3. The minimum absolute atomic E-state index is 0.105. The molecule has 1 aromatic heterocycles. The molecule has 3 nitrogen and oxygen atoms in total. The largest absolute Gasteiger partial charge is 0.320 e. The van der Waals surface area contributed by atoms with Crippen LogP contribution in [0.25, 0.3) is 5.69 Å². The Kier molecular flexibility index (Phi) is 4.74. The van der Waals surface area contributed by atoms with Gasteiger partial charge >= 0.3 is 0 Å². The van der Waals surface area contributed by atoms with Crippen LogP contribution in [0.2, 0.25) is 0 Å². The van der Waals surface area contributed by atoms with Gasteiger partial charge in [-0.15, -0.1) is 0 Å². The molecule has 1 aromatic carbocycles. The van der Waals surface area contributed by atoms with Crippen LogP contribution in [0.5, 0.6) is 0 Å². The van der Waals surface area contributed by atoms with Crippen molar-refractivity contribution in [1.29, 1.82) is 0 Å². The molecule has 2 rings (SSSR count). The molecule has 0 unspecified atom stereocenters. The maximum Gasteiger partial charge on any atom is 0.186 e. The lowest BCUT2D eigenvalue weighted by Gasteiger charge is -2.16. The molecule has 0 aliphatic heterocycles. The van der Waals surface area contributed by atoms with Crippen molar-refractivity contribution in [2.45, 2.75) is 33.7 Å². The lowest BCUT2D eigenvalue weighted by molar-refractivity contribution is 0.715. The average Bonchev–Trinajstić information content (AvgIpc) is 2.46. The van der Waals surface area contributed by atoms with E-state index in [-0.39, 0.29) is 5.43 Å². The number of hydrogen-bond donors (Lipinski definition) is 1. The van der Waals surface area contributed by atoms with Crippen molar-refractivity contribution in [2.75, 3.05) is 6.54 Å². The Balaban J connectivity index is 2.53. The fourth-order valence-corrected chi connectivity index (χ4v) is 2.37. The van der Waals surface area contributed by atoms with Gasteiger partial charge in [0.05, 0.1) is 0 Å². The molecule has 0 saturated heterocycles. The van der Waals surface area contributed by atoms with E-state index in [0.29, 0.717) is 6.54 Å². The van der Waals surface area contributed by atoms with Gasteiger partial charge in [-0.3, -0.25) is 4.79 Å². The molecule has 2 aromatic rings. The number of pyridine rings is 1. The summed E-state index contributed by atoms with van der Waals surface area (Å²) in [6.45, 7) is 7.64. The normalized spacial score (nSPS) is 10.8. The first-order valence-electron chi connectivity index (χ1n) is 7.18. The average molecular weight is 270 g/mol. The first-order chi connectivity index (χ1) is 9.67. The third-order valence-electron chi connectivity index (χ3n) is 3.52. The van der Waals surface area contributed by atoms with Gasteiger partial charge in [-0.2, -0.15) is 0 Å². The summed E-state index contributed by atoms with van der Waals surface area (Å²) in [5.74, 6) is 0. The maximum absolute atomic E-state index is 12.0. The number of para-hydroxylation sites is 1. The van der Waals surface area contributed by atoms with Crippen LogP contribution >= 0.6 is 0 Å². The van der Waals surface area contributed by atoms with Crippen molar-refractivity contribution in [3.8, 4) is 5.69 Å². The molecule has 106 valence electrons. The molecular formula is C17H22N2O. The molecule has 0 spiro atoms. The van der Waals surface area contributed by atoms with Crippen LogP contribution in [0.1, 0.15) is 30.7 Å². The van der Waals surface area contributed by atoms with E-state index in [9.17, 15) is 4.79 Å². The second-order valence-electron chi connectivity index (χ2n) is 4.94. The Morgan fingerprint density at radius 3 is 2.60 bits per heavy atom. The van der Waals surface area contributed by atoms with Crippen LogP contribution in [0.4, 0.5) is 0 Å². The van der Waals surface area contributed by atoms with Gasteiger partial charge < -0.3 is 9.88 Å². The SMILES string of the molecule is CCNCc1cn(-c2ccccc2CC)c(C)cc1=O. The van der Waals surface area contributed by atoms with Crippen molar-refractivity contribution < 1.29 is 0 Å².